The molecule has 0 radical (unpaired) electrons. The van der Waals surface area contributed by atoms with Gasteiger partial charge in [0.15, 0.2) is 0 Å². The molecule has 1 aromatic rings. The fourth-order valence-corrected chi connectivity index (χ4v) is 5.09. The maximum absolute atomic E-state index is 12.8. The van der Waals surface area contributed by atoms with Crippen LogP contribution in [0.25, 0.3) is 0 Å². The third kappa shape index (κ3) is 3.26. The Kier molecular flexibility index (Phi) is 4.92. The molecule has 1 saturated carbocycles. The van der Waals surface area contributed by atoms with Gasteiger partial charge in [-0.3, -0.25) is 0 Å². The molecule has 0 amide bonds. The van der Waals surface area contributed by atoms with Gasteiger partial charge < -0.3 is 0 Å². The lowest BCUT2D eigenvalue weighted by Gasteiger charge is -2.33. The molecule has 0 aromatic heterocycles. The Morgan fingerprint density at radius 2 is 2.00 bits per heavy atom. The second kappa shape index (κ2) is 6.16. The quantitative estimate of drug-likeness (QED) is 0.818. The largest absolute Gasteiger partial charge is 0.243 e. The van der Waals surface area contributed by atoms with E-state index in [0.29, 0.717) is 10.8 Å². The lowest BCUT2D eigenvalue weighted by Crippen LogP contribution is -2.40. The highest BCUT2D eigenvalue weighted by Gasteiger charge is 2.31. The van der Waals surface area contributed by atoms with Gasteiger partial charge in [0, 0.05) is 17.6 Å². The number of halogens is 1. The molecule has 1 aromatic carbocycles. The SMILES string of the molecule is Cc1ccc(Br)cc1S(=O)(=O)N(C)C1CCCC(C)C1. The standard InChI is InChI=1S/C15H22BrNO2S/c1-11-5-4-6-14(9-11)17(3)20(18,19)15-10-13(16)8-7-12(15)2/h7-8,10-11,14H,4-6,9H2,1-3H3. The summed E-state index contributed by atoms with van der Waals surface area (Å²) in [6.07, 6.45) is 4.25. The summed E-state index contributed by atoms with van der Waals surface area (Å²) in [7, 11) is -1.69. The molecule has 5 heteroatoms. The van der Waals surface area contributed by atoms with Crippen molar-refractivity contribution >= 4 is 26.0 Å². The van der Waals surface area contributed by atoms with Crippen molar-refractivity contribution in [3.63, 3.8) is 0 Å². The first-order valence-corrected chi connectivity index (χ1v) is 9.30. The van der Waals surface area contributed by atoms with Gasteiger partial charge in [-0.05, 0) is 43.4 Å². The first-order valence-electron chi connectivity index (χ1n) is 7.06. The average Bonchev–Trinajstić information content (AvgIpc) is 2.40. The number of hydrogen-bond acceptors (Lipinski definition) is 2. The van der Waals surface area contributed by atoms with E-state index in [1.165, 1.54) is 6.42 Å². The van der Waals surface area contributed by atoms with Gasteiger partial charge >= 0.3 is 0 Å². The Labute approximate surface area is 130 Å². The first-order chi connectivity index (χ1) is 9.32. The summed E-state index contributed by atoms with van der Waals surface area (Å²) in [5.41, 5.74) is 0.795. The summed E-state index contributed by atoms with van der Waals surface area (Å²) in [6, 6.07) is 5.54. The Balaban J connectivity index is 2.31. The van der Waals surface area contributed by atoms with E-state index >= 15 is 0 Å². The van der Waals surface area contributed by atoms with Crippen molar-refractivity contribution in [3.05, 3.63) is 28.2 Å². The second-order valence-corrected chi connectivity index (χ2v) is 8.74. The minimum atomic E-state index is -3.41. The molecular weight excluding hydrogens is 338 g/mol. The zero-order valence-corrected chi connectivity index (χ0v) is 14.7. The Morgan fingerprint density at radius 1 is 1.30 bits per heavy atom. The number of sulfonamides is 1. The Hall–Kier alpha value is -0.390. The average molecular weight is 360 g/mol. The van der Waals surface area contributed by atoms with Gasteiger partial charge in [0.2, 0.25) is 10.0 Å². The number of nitrogens with zero attached hydrogens (tertiary/aromatic N) is 1. The van der Waals surface area contributed by atoms with Gasteiger partial charge in [-0.25, -0.2) is 8.42 Å². The van der Waals surface area contributed by atoms with Gasteiger partial charge in [0.05, 0.1) is 4.90 Å². The van der Waals surface area contributed by atoms with Gasteiger partial charge in [-0.1, -0.05) is 41.8 Å². The molecule has 112 valence electrons. The van der Waals surface area contributed by atoms with E-state index in [-0.39, 0.29) is 6.04 Å². The molecule has 1 fully saturated rings. The van der Waals surface area contributed by atoms with Crippen molar-refractivity contribution in [2.24, 2.45) is 5.92 Å². The highest BCUT2D eigenvalue weighted by atomic mass is 79.9. The molecule has 0 N–H and O–H groups in total. The van der Waals surface area contributed by atoms with Crippen LogP contribution in [0.3, 0.4) is 0 Å². The highest BCUT2D eigenvalue weighted by Crippen LogP contribution is 2.31. The zero-order chi connectivity index (χ0) is 14.9. The van der Waals surface area contributed by atoms with Crippen molar-refractivity contribution in [1.29, 1.82) is 0 Å². The normalized spacial score (nSPS) is 24.1. The van der Waals surface area contributed by atoms with Crippen molar-refractivity contribution in [3.8, 4) is 0 Å². The minimum absolute atomic E-state index is 0.127. The van der Waals surface area contributed by atoms with E-state index in [9.17, 15) is 8.42 Å². The molecule has 2 unspecified atom stereocenters. The van der Waals surface area contributed by atoms with Crippen LogP contribution in [-0.4, -0.2) is 25.8 Å². The van der Waals surface area contributed by atoms with Crippen LogP contribution in [0.4, 0.5) is 0 Å². The Bertz CT molecular complexity index is 586. The smallest absolute Gasteiger partial charge is 0.207 e. The van der Waals surface area contributed by atoms with Crippen LogP contribution in [0.5, 0.6) is 0 Å². The van der Waals surface area contributed by atoms with Gasteiger partial charge in [-0.2, -0.15) is 4.31 Å². The molecule has 0 aliphatic heterocycles. The fraction of sp³-hybridized carbons (Fsp3) is 0.600. The van der Waals surface area contributed by atoms with Crippen molar-refractivity contribution in [2.45, 2.75) is 50.5 Å². The molecule has 20 heavy (non-hydrogen) atoms. The molecule has 3 nitrogen and oxygen atoms in total. The maximum Gasteiger partial charge on any atom is 0.243 e. The van der Waals surface area contributed by atoms with Crippen molar-refractivity contribution < 1.29 is 8.42 Å². The van der Waals surface area contributed by atoms with Crippen LogP contribution in [0.15, 0.2) is 27.6 Å². The maximum atomic E-state index is 12.8. The monoisotopic (exact) mass is 359 g/mol. The van der Waals surface area contributed by atoms with E-state index in [1.54, 1.807) is 17.4 Å². The van der Waals surface area contributed by atoms with E-state index in [0.717, 1.165) is 29.3 Å². The number of rotatable bonds is 3. The molecule has 0 heterocycles. The number of benzene rings is 1. The van der Waals surface area contributed by atoms with Gasteiger partial charge in [0.25, 0.3) is 0 Å². The summed E-state index contributed by atoms with van der Waals surface area (Å²) >= 11 is 3.36. The molecule has 2 atom stereocenters. The summed E-state index contributed by atoms with van der Waals surface area (Å²) < 4.78 is 28.0. The predicted octanol–water partition coefficient (Wildman–Crippen LogP) is 3.96. The summed E-state index contributed by atoms with van der Waals surface area (Å²) in [6.45, 7) is 4.05. The van der Waals surface area contributed by atoms with Crippen LogP contribution in [0.2, 0.25) is 0 Å². The lowest BCUT2D eigenvalue weighted by atomic mass is 9.87. The molecule has 2 rings (SSSR count). The zero-order valence-electron chi connectivity index (χ0n) is 12.3. The van der Waals surface area contributed by atoms with E-state index in [2.05, 4.69) is 22.9 Å². The second-order valence-electron chi connectivity index (χ2n) is 5.86. The van der Waals surface area contributed by atoms with Crippen molar-refractivity contribution in [2.75, 3.05) is 7.05 Å². The summed E-state index contributed by atoms with van der Waals surface area (Å²) in [4.78, 5) is 0.410. The van der Waals surface area contributed by atoms with Crippen LogP contribution in [-0.2, 0) is 10.0 Å². The van der Waals surface area contributed by atoms with Crippen molar-refractivity contribution in [1.82, 2.24) is 4.31 Å². The molecular formula is C15H22BrNO2S. The van der Waals surface area contributed by atoms with Gasteiger partial charge in [-0.15, -0.1) is 0 Å². The van der Waals surface area contributed by atoms with E-state index in [1.807, 2.05) is 19.1 Å². The lowest BCUT2D eigenvalue weighted by molar-refractivity contribution is 0.239. The fourth-order valence-electron chi connectivity index (χ4n) is 2.94. The molecule has 0 saturated heterocycles. The molecule has 0 spiro atoms. The van der Waals surface area contributed by atoms with Crippen LogP contribution in [0, 0.1) is 12.8 Å². The summed E-state index contributed by atoms with van der Waals surface area (Å²) in [5, 5.41) is 0. The third-order valence-corrected chi connectivity index (χ3v) is 6.78. The number of aryl methyl sites for hydroxylation is 1. The van der Waals surface area contributed by atoms with Crippen LogP contribution < -0.4 is 0 Å². The van der Waals surface area contributed by atoms with Crippen LogP contribution >= 0.6 is 15.9 Å². The highest BCUT2D eigenvalue weighted by molar-refractivity contribution is 9.10. The predicted molar refractivity (Wildman–Crippen MR) is 85.2 cm³/mol. The number of hydrogen-bond donors (Lipinski definition) is 0. The van der Waals surface area contributed by atoms with E-state index in [4.69, 9.17) is 0 Å². The summed E-state index contributed by atoms with van der Waals surface area (Å²) in [5.74, 6) is 0.606. The molecule has 0 bridgehead atoms. The third-order valence-electron chi connectivity index (χ3n) is 4.23. The Morgan fingerprint density at radius 3 is 2.65 bits per heavy atom. The van der Waals surface area contributed by atoms with Gasteiger partial charge in [0.1, 0.15) is 0 Å². The minimum Gasteiger partial charge on any atom is -0.207 e. The first kappa shape index (κ1) is 16.0. The molecule has 1 aliphatic carbocycles. The van der Waals surface area contributed by atoms with Crippen LogP contribution in [0.1, 0.15) is 38.2 Å². The topological polar surface area (TPSA) is 37.4 Å². The molecule has 1 aliphatic rings. The van der Waals surface area contributed by atoms with E-state index < -0.39 is 10.0 Å².